The van der Waals surface area contributed by atoms with Gasteiger partial charge in [-0.1, -0.05) is 6.07 Å². The third-order valence-corrected chi connectivity index (χ3v) is 8.91. The monoisotopic (exact) mass is 565 g/mol. The maximum atomic E-state index is 13.6. The van der Waals surface area contributed by atoms with Crippen LogP contribution in [0.5, 0.6) is 11.5 Å². The van der Waals surface area contributed by atoms with Crippen molar-refractivity contribution in [3.63, 3.8) is 0 Å². The molecule has 2 aliphatic heterocycles. The van der Waals surface area contributed by atoms with Crippen LogP contribution in [-0.2, 0) is 0 Å². The summed E-state index contributed by atoms with van der Waals surface area (Å²) in [6.45, 7) is 2.62. The van der Waals surface area contributed by atoms with E-state index in [0.29, 0.717) is 71.4 Å². The average Bonchev–Trinajstić information content (AvgIpc) is 3.74. The molecule has 0 atom stereocenters. The molecule has 1 aliphatic carbocycles. The summed E-state index contributed by atoms with van der Waals surface area (Å²) in [5.74, 6) is 0.102. The van der Waals surface area contributed by atoms with Crippen LogP contribution < -0.4 is 9.47 Å². The van der Waals surface area contributed by atoms with Crippen LogP contribution in [0.4, 0.5) is 0 Å². The van der Waals surface area contributed by atoms with Crippen molar-refractivity contribution >= 4 is 28.6 Å². The maximum Gasteiger partial charge on any atom is 0.337 e. The van der Waals surface area contributed by atoms with Crippen LogP contribution >= 0.6 is 0 Å². The lowest BCUT2D eigenvalue weighted by Gasteiger charge is -2.44. The van der Waals surface area contributed by atoms with Crippen molar-refractivity contribution in [3.05, 3.63) is 77.2 Å². The molecule has 0 radical (unpaired) electrons. The number of aromatic carboxylic acids is 1. The summed E-state index contributed by atoms with van der Waals surface area (Å²) in [6, 6.07) is 13.3. The molecule has 2 fully saturated rings. The van der Waals surface area contributed by atoms with Gasteiger partial charge in [-0.25, -0.2) is 4.79 Å². The van der Waals surface area contributed by atoms with Crippen molar-refractivity contribution in [2.24, 2.45) is 0 Å². The maximum absolute atomic E-state index is 13.6. The van der Waals surface area contributed by atoms with Gasteiger partial charge in [0, 0.05) is 60.9 Å². The van der Waals surface area contributed by atoms with E-state index in [1.165, 1.54) is 0 Å². The van der Waals surface area contributed by atoms with E-state index in [0.717, 1.165) is 23.7 Å². The number of hydrogen-bond acceptors (Lipinski definition) is 6. The number of aryl methyl sites for hydroxylation is 1. The van der Waals surface area contributed by atoms with Crippen LogP contribution in [0.15, 0.2) is 54.9 Å². The van der Waals surface area contributed by atoms with Crippen LogP contribution in [0.2, 0.25) is 0 Å². The normalized spacial score (nSPS) is 17.7. The van der Waals surface area contributed by atoms with Gasteiger partial charge < -0.3 is 24.0 Å². The molecule has 2 aromatic heterocycles. The number of hydrogen-bond donors (Lipinski definition) is 1. The van der Waals surface area contributed by atoms with E-state index in [2.05, 4.69) is 21.8 Å². The number of amides is 1. The number of carbonyl (C=O) groups excluding carboxylic acids is 2. The second-order valence-electron chi connectivity index (χ2n) is 11.6. The molecule has 1 amide bonds. The number of carboxylic acid groups (broad SMARTS) is 1. The molecule has 1 saturated heterocycles. The van der Waals surface area contributed by atoms with Crippen molar-refractivity contribution in [1.82, 2.24) is 14.5 Å². The highest BCUT2D eigenvalue weighted by atomic mass is 16.5. The first-order chi connectivity index (χ1) is 20.2. The van der Waals surface area contributed by atoms with Crippen molar-refractivity contribution < 1.29 is 29.0 Å². The first-order valence-electron chi connectivity index (χ1n) is 14.3. The number of likely N-dealkylation sites (tertiary alicyclic amines) is 1. The predicted octanol–water partition coefficient (Wildman–Crippen LogP) is 5.69. The summed E-state index contributed by atoms with van der Waals surface area (Å²) in [7, 11) is 1.63. The van der Waals surface area contributed by atoms with Crippen LogP contribution in [0, 0.1) is 6.92 Å². The van der Waals surface area contributed by atoms with Gasteiger partial charge in [0.2, 0.25) is 0 Å². The molecule has 4 heterocycles. The summed E-state index contributed by atoms with van der Waals surface area (Å²) in [5, 5.41) is 10.5. The minimum atomic E-state index is -1.04. The number of methoxy groups -OCH3 is 1. The van der Waals surface area contributed by atoms with E-state index in [-0.39, 0.29) is 23.7 Å². The number of fused-ring (bicyclic) bond motifs is 2. The third kappa shape index (κ3) is 4.40. The minimum Gasteiger partial charge on any atom is -0.496 e. The number of ether oxygens (including phenoxy) is 2. The Labute approximate surface area is 242 Å². The first-order valence-corrected chi connectivity index (χ1v) is 14.3. The highest BCUT2D eigenvalue weighted by Gasteiger charge is 2.44. The molecule has 2 aromatic carbocycles. The van der Waals surface area contributed by atoms with Gasteiger partial charge in [0.1, 0.15) is 17.1 Å². The lowest BCUT2D eigenvalue weighted by atomic mass is 9.82. The molecular formula is C33H31N3O6. The van der Waals surface area contributed by atoms with Crippen LogP contribution in [-0.4, -0.2) is 63.0 Å². The number of ketones is 1. The summed E-state index contributed by atoms with van der Waals surface area (Å²) >= 11 is 0. The predicted molar refractivity (Wildman–Crippen MR) is 156 cm³/mol. The quantitative estimate of drug-likeness (QED) is 0.331. The van der Waals surface area contributed by atoms with E-state index in [4.69, 9.17) is 9.47 Å². The van der Waals surface area contributed by atoms with Crippen molar-refractivity contribution in [2.75, 3.05) is 20.2 Å². The fraction of sp³-hybridized carbons (Fsp3) is 0.333. The number of benzene rings is 2. The van der Waals surface area contributed by atoms with Crippen LogP contribution in [0.3, 0.4) is 0 Å². The molecule has 3 aliphatic rings. The molecule has 9 heteroatoms. The molecule has 42 heavy (non-hydrogen) atoms. The second-order valence-corrected chi connectivity index (χ2v) is 11.6. The molecule has 214 valence electrons. The van der Waals surface area contributed by atoms with Gasteiger partial charge in [0.05, 0.1) is 35.9 Å². The Morgan fingerprint density at radius 1 is 1.07 bits per heavy atom. The second kappa shape index (κ2) is 9.72. The van der Waals surface area contributed by atoms with E-state index >= 15 is 0 Å². The number of carbonyl (C=O) groups is 3. The summed E-state index contributed by atoms with van der Waals surface area (Å²) in [4.78, 5) is 44.6. The largest absolute Gasteiger partial charge is 0.496 e. The number of carboxylic acids is 1. The highest BCUT2D eigenvalue weighted by Crippen LogP contribution is 2.42. The number of aromatic nitrogens is 2. The van der Waals surface area contributed by atoms with Gasteiger partial charge in [0.15, 0.2) is 5.78 Å². The molecule has 1 saturated carbocycles. The topological polar surface area (TPSA) is 111 Å². The summed E-state index contributed by atoms with van der Waals surface area (Å²) < 4.78 is 14.4. The lowest BCUT2D eigenvalue weighted by molar-refractivity contribution is -0.00572. The third-order valence-electron chi connectivity index (χ3n) is 8.91. The van der Waals surface area contributed by atoms with Gasteiger partial charge in [0.25, 0.3) is 5.91 Å². The van der Waals surface area contributed by atoms with Gasteiger partial charge in [-0.2, -0.15) is 0 Å². The molecule has 7 rings (SSSR count). The number of nitrogens with zero attached hydrogens (tertiary/aromatic N) is 3. The highest BCUT2D eigenvalue weighted by molar-refractivity contribution is 6.02. The average molecular weight is 566 g/mol. The minimum absolute atomic E-state index is 0.0209. The fourth-order valence-electron chi connectivity index (χ4n) is 6.35. The molecule has 4 aromatic rings. The Kier molecular flexibility index (Phi) is 6.07. The zero-order valence-electron chi connectivity index (χ0n) is 23.6. The van der Waals surface area contributed by atoms with Gasteiger partial charge in [-0.3, -0.25) is 14.6 Å². The molecule has 9 nitrogen and oxygen atoms in total. The summed E-state index contributed by atoms with van der Waals surface area (Å²) in [5.41, 5.74) is 3.33. The Bertz CT molecular complexity index is 1780. The zero-order valence-corrected chi connectivity index (χ0v) is 23.6. The van der Waals surface area contributed by atoms with Crippen molar-refractivity contribution in [1.29, 1.82) is 0 Å². The van der Waals surface area contributed by atoms with E-state index in [9.17, 15) is 19.5 Å². The lowest BCUT2D eigenvalue weighted by Crippen LogP contribution is -2.52. The van der Waals surface area contributed by atoms with Crippen molar-refractivity contribution in [2.45, 2.75) is 50.7 Å². The Morgan fingerprint density at radius 2 is 1.86 bits per heavy atom. The number of rotatable bonds is 5. The number of Topliss-reactive ketones (excluding diaryl/α,β-unsaturated/α-hetero) is 1. The van der Waals surface area contributed by atoms with E-state index < -0.39 is 11.6 Å². The van der Waals surface area contributed by atoms with E-state index in [1.54, 1.807) is 38.4 Å². The van der Waals surface area contributed by atoms with Gasteiger partial charge >= 0.3 is 5.97 Å². The Morgan fingerprint density at radius 3 is 2.57 bits per heavy atom. The number of piperidine rings is 1. The summed E-state index contributed by atoms with van der Waals surface area (Å²) in [6.07, 6.45) is 7.32. The standard InChI is InChI=1S/C33H31N3O6/c1-19-25(32(39)40)14-22(18-34-19)20-3-6-29-26(13-20)28(37)17-33(42-29)8-11-35(12-9-33)31(38)21-15-27-24(30(16-21)41-2)7-10-36(27)23-4-5-23/h3,6-7,10,13-16,18,23H,4-5,8-9,11-12,17H2,1-2H3,(H,39,40). The van der Waals surface area contributed by atoms with Crippen LogP contribution in [0.1, 0.15) is 74.9 Å². The van der Waals surface area contributed by atoms with E-state index in [1.807, 2.05) is 23.1 Å². The fourth-order valence-corrected chi connectivity index (χ4v) is 6.35. The van der Waals surface area contributed by atoms with Gasteiger partial charge in [-0.15, -0.1) is 0 Å². The Hall–Kier alpha value is -4.66. The first kappa shape index (κ1) is 26.3. The molecular weight excluding hydrogens is 534 g/mol. The van der Waals surface area contributed by atoms with Gasteiger partial charge in [-0.05, 0) is 61.7 Å². The smallest absolute Gasteiger partial charge is 0.337 e. The molecule has 1 spiro atoms. The SMILES string of the molecule is COc1cc(C(=O)N2CCC3(CC2)CC(=O)c2cc(-c4cnc(C)c(C(=O)O)c4)ccc2O3)cc2c1ccn2C1CC1. The van der Waals surface area contributed by atoms with Crippen LogP contribution in [0.25, 0.3) is 22.0 Å². The van der Waals surface area contributed by atoms with Crippen molar-refractivity contribution in [3.8, 4) is 22.6 Å². The molecule has 0 unspecified atom stereocenters. The number of pyridine rings is 1. The molecule has 0 bridgehead atoms. The molecule has 1 N–H and O–H groups in total. The zero-order chi connectivity index (χ0) is 29.2. The Balaban J connectivity index is 1.09.